The average molecular weight is 286 g/mol. The molecule has 0 radical (unpaired) electrons. The molecule has 0 atom stereocenters. The van der Waals surface area contributed by atoms with Gasteiger partial charge < -0.3 is 14.4 Å². The van der Waals surface area contributed by atoms with Gasteiger partial charge in [0.15, 0.2) is 0 Å². The Morgan fingerprint density at radius 3 is 2.29 bits per heavy atom. The second-order valence-corrected chi connectivity index (χ2v) is 6.34. The van der Waals surface area contributed by atoms with E-state index in [2.05, 4.69) is 6.58 Å². The van der Waals surface area contributed by atoms with E-state index >= 15 is 0 Å². The first-order valence-electron chi connectivity index (χ1n) is 7.18. The lowest BCUT2D eigenvalue weighted by Gasteiger charge is -2.32. The molecule has 1 heterocycles. The molecule has 4 heteroatoms. The largest absolute Gasteiger partial charge is 0.492 e. The van der Waals surface area contributed by atoms with Crippen LogP contribution in [0.25, 0.3) is 12.2 Å². The summed E-state index contributed by atoms with van der Waals surface area (Å²) in [4.78, 5) is 0. The third-order valence-corrected chi connectivity index (χ3v) is 4.24. The van der Waals surface area contributed by atoms with Crippen molar-refractivity contribution in [2.45, 2.75) is 38.9 Å². The summed E-state index contributed by atoms with van der Waals surface area (Å²) >= 11 is 0. The Bertz CT molecular complexity index is 545. The number of rotatable bonds is 4. The molecule has 1 aliphatic rings. The first-order valence-corrected chi connectivity index (χ1v) is 7.18. The topological polar surface area (TPSA) is 38.7 Å². The van der Waals surface area contributed by atoms with Gasteiger partial charge in [0.2, 0.25) is 0 Å². The summed E-state index contributed by atoms with van der Waals surface area (Å²) in [5.41, 5.74) is 1.93. The number of benzene rings is 1. The lowest BCUT2D eigenvalue weighted by atomic mass is 9.77. The molecule has 0 amide bonds. The molecule has 21 heavy (non-hydrogen) atoms. The molecule has 112 valence electrons. The maximum atomic E-state index is 9.67. The van der Waals surface area contributed by atoms with Crippen LogP contribution < -0.4 is 0 Å². The van der Waals surface area contributed by atoms with Crippen molar-refractivity contribution in [3.05, 3.63) is 47.4 Å². The number of hydrogen-bond acceptors (Lipinski definition) is 3. The van der Waals surface area contributed by atoms with E-state index in [9.17, 15) is 5.11 Å². The molecule has 1 saturated heterocycles. The Hall–Kier alpha value is -1.36. The van der Waals surface area contributed by atoms with Crippen LogP contribution in [0.2, 0.25) is 0 Å². The Morgan fingerprint density at radius 1 is 1.19 bits per heavy atom. The van der Waals surface area contributed by atoms with Crippen molar-refractivity contribution in [3.63, 3.8) is 0 Å². The molecule has 0 aliphatic carbocycles. The Labute approximate surface area is 127 Å². The van der Waals surface area contributed by atoms with Crippen LogP contribution in [0.3, 0.4) is 0 Å². The van der Waals surface area contributed by atoms with E-state index in [1.807, 2.05) is 58.0 Å². The van der Waals surface area contributed by atoms with Gasteiger partial charge in [-0.3, -0.25) is 0 Å². The van der Waals surface area contributed by atoms with Gasteiger partial charge in [-0.1, -0.05) is 36.9 Å². The zero-order valence-electron chi connectivity index (χ0n) is 13.2. The fraction of sp³-hybridized carbons (Fsp3) is 0.412. The minimum absolute atomic E-state index is 0.102. The third-order valence-electron chi connectivity index (χ3n) is 4.24. The number of aliphatic hydroxyl groups excluding tert-OH is 1. The molecule has 0 saturated carbocycles. The lowest BCUT2D eigenvalue weighted by Crippen LogP contribution is -2.41. The molecular weight excluding hydrogens is 263 g/mol. The van der Waals surface area contributed by atoms with E-state index < -0.39 is 18.3 Å². The molecule has 0 bridgehead atoms. The summed E-state index contributed by atoms with van der Waals surface area (Å²) in [6.45, 7) is 11.7. The summed E-state index contributed by atoms with van der Waals surface area (Å²) < 4.78 is 12.0. The van der Waals surface area contributed by atoms with E-state index in [0.29, 0.717) is 0 Å². The predicted molar refractivity (Wildman–Crippen MR) is 87.7 cm³/mol. The van der Waals surface area contributed by atoms with Gasteiger partial charge in [-0.2, -0.15) is 0 Å². The van der Waals surface area contributed by atoms with Gasteiger partial charge in [0.05, 0.1) is 17.8 Å². The molecule has 0 aromatic heterocycles. The second kappa shape index (κ2) is 5.80. The predicted octanol–water partition coefficient (Wildman–Crippen LogP) is 3.34. The monoisotopic (exact) mass is 286 g/mol. The van der Waals surface area contributed by atoms with Crippen LogP contribution >= 0.6 is 0 Å². The highest BCUT2D eigenvalue weighted by Gasteiger charge is 2.52. The van der Waals surface area contributed by atoms with Crippen molar-refractivity contribution in [1.82, 2.24) is 0 Å². The van der Waals surface area contributed by atoms with Gasteiger partial charge in [0.1, 0.15) is 0 Å². The van der Waals surface area contributed by atoms with E-state index in [1.54, 1.807) is 6.08 Å². The van der Waals surface area contributed by atoms with Crippen LogP contribution in [0.4, 0.5) is 0 Å². The van der Waals surface area contributed by atoms with Crippen molar-refractivity contribution < 1.29 is 14.4 Å². The summed E-state index contributed by atoms with van der Waals surface area (Å²) in [6.07, 6.45) is 3.71. The zero-order chi connectivity index (χ0) is 15.7. The molecule has 1 aromatic carbocycles. The first-order chi connectivity index (χ1) is 9.79. The maximum Gasteiger partial charge on any atom is 0.492 e. The SMILES string of the molecule is C=Cc1cccc(C=C(CO)B2OC(C)(C)C(C)(C)O2)c1. The highest BCUT2D eigenvalue weighted by Crippen LogP contribution is 2.38. The fourth-order valence-electron chi connectivity index (χ4n) is 2.17. The van der Waals surface area contributed by atoms with Gasteiger partial charge in [-0.05, 0) is 50.4 Å². The van der Waals surface area contributed by atoms with Crippen LogP contribution in [0, 0.1) is 0 Å². The molecule has 0 unspecified atom stereocenters. The van der Waals surface area contributed by atoms with Crippen LogP contribution in [0.1, 0.15) is 38.8 Å². The summed E-state index contributed by atoms with van der Waals surface area (Å²) in [5, 5.41) is 9.67. The molecule has 2 rings (SSSR count). The summed E-state index contributed by atoms with van der Waals surface area (Å²) in [5.74, 6) is 0. The van der Waals surface area contributed by atoms with Crippen molar-refractivity contribution in [2.24, 2.45) is 0 Å². The normalized spacial score (nSPS) is 20.6. The first kappa shape index (κ1) is 16.0. The van der Waals surface area contributed by atoms with Crippen molar-refractivity contribution in [1.29, 1.82) is 0 Å². The molecule has 1 aliphatic heterocycles. The molecule has 1 aromatic rings. The standard InChI is InChI=1S/C17H23BO3/c1-6-13-8-7-9-14(10-13)11-15(12-19)18-20-16(2,3)17(4,5)21-18/h6-11,19H,1,12H2,2-5H3. The maximum absolute atomic E-state index is 9.67. The van der Waals surface area contributed by atoms with Gasteiger partial charge in [0, 0.05) is 0 Å². The molecule has 1 fully saturated rings. The fourth-order valence-corrected chi connectivity index (χ4v) is 2.17. The van der Waals surface area contributed by atoms with Crippen LogP contribution in [0.15, 0.2) is 36.3 Å². The average Bonchev–Trinajstić information content (AvgIpc) is 2.65. The number of hydrogen-bond donors (Lipinski definition) is 1. The molecule has 3 nitrogen and oxygen atoms in total. The molecular formula is C17H23BO3. The number of aliphatic hydroxyl groups is 1. The van der Waals surface area contributed by atoms with Gasteiger partial charge in [0.25, 0.3) is 0 Å². The molecule has 0 spiro atoms. The van der Waals surface area contributed by atoms with E-state index in [1.165, 1.54) is 0 Å². The lowest BCUT2D eigenvalue weighted by molar-refractivity contribution is 0.00578. The molecule has 1 N–H and O–H groups in total. The summed E-state index contributed by atoms with van der Waals surface area (Å²) in [6, 6.07) is 7.93. The highest BCUT2D eigenvalue weighted by atomic mass is 16.7. The Morgan fingerprint density at radius 2 is 1.76 bits per heavy atom. The Kier molecular flexibility index (Phi) is 4.42. The van der Waals surface area contributed by atoms with Crippen molar-refractivity contribution >= 4 is 19.3 Å². The van der Waals surface area contributed by atoms with Crippen LogP contribution in [0.5, 0.6) is 0 Å². The third kappa shape index (κ3) is 3.29. The highest BCUT2D eigenvalue weighted by molar-refractivity contribution is 6.55. The quantitative estimate of drug-likeness (QED) is 0.863. The summed E-state index contributed by atoms with van der Waals surface area (Å²) in [7, 11) is -0.521. The van der Waals surface area contributed by atoms with Crippen LogP contribution in [-0.4, -0.2) is 30.0 Å². The van der Waals surface area contributed by atoms with Gasteiger partial charge in [-0.25, -0.2) is 0 Å². The van der Waals surface area contributed by atoms with E-state index in [4.69, 9.17) is 9.31 Å². The van der Waals surface area contributed by atoms with Crippen molar-refractivity contribution in [2.75, 3.05) is 6.61 Å². The van der Waals surface area contributed by atoms with Gasteiger partial charge >= 0.3 is 7.12 Å². The van der Waals surface area contributed by atoms with E-state index in [0.717, 1.165) is 16.6 Å². The minimum Gasteiger partial charge on any atom is -0.400 e. The van der Waals surface area contributed by atoms with Gasteiger partial charge in [-0.15, -0.1) is 0 Å². The van der Waals surface area contributed by atoms with E-state index in [-0.39, 0.29) is 6.61 Å². The second-order valence-electron chi connectivity index (χ2n) is 6.34. The van der Waals surface area contributed by atoms with Crippen molar-refractivity contribution in [3.8, 4) is 0 Å². The smallest absolute Gasteiger partial charge is 0.400 e. The zero-order valence-corrected chi connectivity index (χ0v) is 13.2. The Balaban J connectivity index is 2.28. The van der Waals surface area contributed by atoms with Crippen LogP contribution in [-0.2, 0) is 9.31 Å². The minimum atomic E-state index is -0.521.